The summed E-state index contributed by atoms with van der Waals surface area (Å²) in [4.78, 5) is 12.6. The molecule has 0 atom stereocenters. The molecule has 6 heteroatoms. The minimum Gasteiger partial charge on any atom is -0.325 e. The van der Waals surface area contributed by atoms with E-state index in [1.165, 1.54) is 11.8 Å². The number of nitrogens with zero attached hydrogens (tertiary/aromatic N) is 3. The zero-order valence-corrected chi connectivity index (χ0v) is 17.5. The van der Waals surface area contributed by atoms with E-state index in [4.69, 9.17) is 0 Å². The number of benzene rings is 3. The molecular weight excluding hydrogens is 392 g/mol. The molecule has 0 saturated heterocycles. The van der Waals surface area contributed by atoms with Crippen molar-refractivity contribution in [3.63, 3.8) is 0 Å². The number of aryl methyl sites for hydroxylation is 1. The van der Waals surface area contributed by atoms with Crippen LogP contribution < -0.4 is 5.32 Å². The lowest BCUT2D eigenvalue weighted by Crippen LogP contribution is -2.15. The van der Waals surface area contributed by atoms with Crippen LogP contribution in [0.4, 0.5) is 5.69 Å². The third-order valence-corrected chi connectivity index (χ3v) is 5.78. The van der Waals surface area contributed by atoms with Gasteiger partial charge in [-0.15, -0.1) is 16.8 Å². The second kappa shape index (κ2) is 8.97. The van der Waals surface area contributed by atoms with Crippen molar-refractivity contribution < 1.29 is 4.79 Å². The summed E-state index contributed by atoms with van der Waals surface area (Å²) < 4.78 is 1.99. The Morgan fingerprint density at radius 3 is 2.67 bits per heavy atom. The Labute approximate surface area is 179 Å². The van der Waals surface area contributed by atoms with E-state index in [-0.39, 0.29) is 11.7 Å². The zero-order chi connectivity index (χ0) is 20.9. The maximum Gasteiger partial charge on any atom is 0.234 e. The lowest BCUT2D eigenvalue weighted by molar-refractivity contribution is -0.113. The van der Waals surface area contributed by atoms with Gasteiger partial charge in [-0.3, -0.25) is 9.36 Å². The lowest BCUT2D eigenvalue weighted by atomic mass is 10.1. The Kier molecular flexibility index (Phi) is 5.95. The zero-order valence-electron chi connectivity index (χ0n) is 16.7. The number of anilines is 1. The molecule has 0 spiro atoms. The molecule has 0 unspecified atom stereocenters. The lowest BCUT2D eigenvalue weighted by Gasteiger charge is -2.10. The van der Waals surface area contributed by atoms with E-state index in [0.29, 0.717) is 11.7 Å². The first-order valence-corrected chi connectivity index (χ1v) is 10.7. The number of thioether (sulfide) groups is 1. The van der Waals surface area contributed by atoms with Gasteiger partial charge in [0.1, 0.15) is 0 Å². The fourth-order valence-electron chi connectivity index (χ4n) is 3.36. The summed E-state index contributed by atoms with van der Waals surface area (Å²) in [6, 6.07) is 22.0. The van der Waals surface area contributed by atoms with Crippen molar-refractivity contribution in [3.8, 4) is 11.4 Å². The molecule has 4 aromatic rings. The van der Waals surface area contributed by atoms with E-state index >= 15 is 0 Å². The molecule has 4 rings (SSSR count). The summed E-state index contributed by atoms with van der Waals surface area (Å²) >= 11 is 1.37. The molecule has 0 radical (unpaired) electrons. The number of rotatable bonds is 7. The summed E-state index contributed by atoms with van der Waals surface area (Å²) in [7, 11) is 0. The highest BCUT2D eigenvalue weighted by atomic mass is 32.2. The number of carbonyl (C=O) groups is 1. The molecule has 1 N–H and O–H groups in total. The molecule has 1 amide bonds. The normalized spacial score (nSPS) is 10.8. The van der Waals surface area contributed by atoms with E-state index in [0.717, 1.165) is 33.4 Å². The van der Waals surface area contributed by atoms with Crippen LogP contribution in [0.25, 0.3) is 22.2 Å². The number of nitrogens with one attached hydrogen (secondary N) is 1. The molecular formula is C24H22N4OS. The van der Waals surface area contributed by atoms with Gasteiger partial charge in [-0.05, 0) is 23.9 Å². The van der Waals surface area contributed by atoms with Crippen LogP contribution in [-0.2, 0) is 11.3 Å². The highest BCUT2D eigenvalue weighted by Crippen LogP contribution is 2.27. The van der Waals surface area contributed by atoms with Crippen LogP contribution in [-0.4, -0.2) is 26.4 Å². The largest absolute Gasteiger partial charge is 0.325 e. The quantitative estimate of drug-likeness (QED) is 0.328. The first-order chi connectivity index (χ1) is 14.7. The highest BCUT2D eigenvalue weighted by Gasteiger charge is 2.16. The predicted octanol–water partition coefficient (Wildman–Crippen LogP) is 5.32. The summed E-state index contributed by atoms with van der Waals surface area (Å²) in [5.41, 5.74) is 2.96. The second-order valence-electron chi connectivity index (χ2n) is 6.88. The summed E-state index contributed by atoms with van der Waals surface area (Å²) in [6.07, 6.45) is 1.81. The molecule has 150 valence electrons. The number of carbonyl (C=O) groups excluding carboxylic acids is 1. The summed E-state index contributed by atoms with van der Waals surface area (Å²) in [5, 5.41) is 14.5. The first-order valence-electron chi connectivity index (χ1n) is 9.68. The number of hydrogen-bond donors (Lipinski definition) is 1. The standard InChI is InChI=1S/C24H22N4OS/c1-3-15-28-23(19-12-6-4-9-17(19)2)26-27-24(28)30-16-22(29)25-21-14-8-11-18-10-5-7-13-20(18)21/h3-14H,1,15-16H2,2H3,(H,25,29). The third kappa shape index (κ3) is 4.14. The van der Waals surface area contributed by atoms with E-state index in [1.54, 1.807) is 0 Å². The monoisotopic (exact) mass is 414 g/mol. The van der Waals surface area contributed by atoms with Crippen molar-refractivity contribution in [2.24, 2.45) is 0 Å². The number of aromatic nitrogens is 3. The average molecular weight is 415 g/mol. The van der Waals surface area contributed by atoms with Crippen molar-refractivity contribution in [2.75, 3.05) is 11.1 Å². The predicted molar refractivity (Wildman–Crippen MR) is 124 cm³/mol. The van der Waals surface area contributed by atoms with Crippen LogP contribution in [0.2, 0.25) is 0 Å². The Hall–Kier alpha value is -3.38. The van der Waals surface area contributed by atoms with Crippen LogP contribution in [0.5, 0.6) is 0 Å². The number of allylic oxidation sites excluding steroid dienone is 1. The fourth-order valence-corrected chi connectivity index (χ4v) is 4.11. The van der Waals surface area contributed by atoms with Crippen LogP contribution in [0, 0.1) is 6.92 Å². The fraction of sp³-hybridized carbons (Fsp3) is 0.125. The third-order valence-electron chi connectivity index (χ3n) is 4.81. The maximum atomic E-state index is 12.6. The number of hydrogen-bond acceptors (Lipinski definition) is 4. The smallest absolute Gasteiger partial charge is 0.234 e. The first kappa shape index (κ1) is 19.9. The SMILES string of the molecule is C=CCn1c(SCC(=O)Nc2cccc3ccccc23)nnc1-c1ccccc1C. The maximum absolute atomic E-state index is 12.6. The number of fused-ring (bicyclic) bond motifs is 1. The van der Waals surface area contributed by atoms with Crippen LogP contribution >= 0.6 is 11.8 Å². The van der Waals surface area contributed by atoms with E-state index in [1.807, 2.05) is 84.3 Å². The minimum absolute atomic E-state index is 0.0815. The number of amides is 1. The van der Waals surface area contributed by atoms with Gasteiger partial charge in [0.05, 0.1) is 5.75 Å². The van der Waals surface area contributed by atoms with Crippen molar-refractivity contribution in [2.45, 2.75) is 18.6 Å². The molecule has 0 aliphatic carbocycles. The van der Waals surface area contributed by atoms with Gasteiger partial charge in [0.25, 0.3) is 0 Å². The molecule has 0 aliphatic rings. The molecule has 30 heavy (non-hydrogen) atoms. The van der Waals surface area contributed by atoms with Crippen LogP contribution in [0.15, 0.2) is 84.5 Å². The van der Waals surface area contributed by atoms with Crippen LogP contribution in [0.1, 0.15) is 5.56 Å². The van der Waals surface area contributed by atoms with Gasteiger partial charge in [-0.25, -0.2) is 0 Å². The van der Waals surface area contributed by atoms with E-state index in [9.17, 15) is 4.79 Å². The molecule has 0 bridgehead atoms. The van der Waals surface area contributed by atoms with Crippen LogP contribution in [0.3, 0.4) is 0 Å². The molecule has 0 saturated carbocycles. The van der Waals surface area contributed by atoms with Gasteiger partial charge < -0.3 is 5.32 Å². The molecule has 1 heterocycles. The van der Waals surface area contributed by atoms with Gasteiger partial charge in [0.2, 0.25) is 5.91 Å². The van der Waals surface area contributed by atoms with Gasteiger partial charge in [-0.2, -0.15) is 0 Å². The van der Waals surface area contributed by atoms with Gasteiger partial charge in [0, 0.05) is 23.2 Å². The van der Waals surface area contributed by atoms with Crippen molar-refractivity contribution in [1.29, 1.82) is 0 Å². The molecule has 3 aromatic carbocycles. The van der Waals surface area contributed by atoms with E-state index < -0.39 is 0 Å². The molecule has 5 nitrogen and oxygen atoms in total. The Morgan fingerprint density at radius 2 is 1.83 bits per heavy atom. The van der Waals surface area contributed by atoms with Gasteiger partial charge in [0.15, 0.2) is 11.0 Å². The Bertz CT molecular complexity index is 1210. The Balaban J connectivity index is 1.51. The van der Waals surface area contributed by atoms with Crippen molar-refractivity contribution in [1.82, 2.24) is 14.8 Å². The summed E-state index contributed by atoms with van der Waals surface area (Å²) in [6.45, 7) is 6.47. The Morgan fingerprint density at radius 1 is 1.07 bits per heavy atom. The minimum atomic E-state index is -0.0815. The topological polar surface area (TPSA) is 59.8 Å². The van der Waals surface area contributed by atoms with Gasteiger partial charge in [-0.1, -0.05) is 78.5 Å². The van der Waals surface area contributed by atoms with E-state index in [2.05, 4.69) is 22.1 Å². The van der Waals surface area contributed by atoms with Crippen molar-refractivity contribution >= 4 is 34.1 Å². The molecule has 0 fully saturated rings. The second-order valence-corrected chi connectivity index (χ2v) is 7.83. The van der Waals surface area contributed by atoms with Gasteiger partial charge >= 0.3 is 0 Å². The molecule has 1 aromatic heterocycles. The van der Waals surface area contributed by atoms with Crippen molar-refractivity contribution in [3.05, 3.63) is 84.9 Å². The molecule has 0 aliphatic heterocycles. The average Bonchev–Trinajstić information content (AvgIpc) is 3.15. The summed E-state index contributed by atoms with van der Waals surface area (Å²) in [5.74, 6) is 0.943. The highest BCUT2D eigenvalue weighted by molar-refractivity contribution is 7.99.